The lowest BCUT2D eigenvalue weighted by Crippen LogP contribution is -2.38. The third kappa shape index (κ3) is 3.20. The van der Waals surface area contributed by atoms with E-state index in [1.807, 2.05) is 39.0 Å². The van der Waals surface area contributed by atoms with Gasteiger partial charge in [0.1, 0.15) is 5.60 Å². The van der Waals surface area contributed by atoms with Crippen molar-refractivity contribution in [2.75, 3.05) is 0 Å². The maximum atomic E-state index is 12.4. The maximum absolute atomic E-state index is 12.4. The Morgan fingerprint density at radius 3 is 2.39 bits per heavy atom. The fourth-order valence-electron chi connectivity index (χ4n) is 2.07. The van der Waals surface area contributed by atoms with Crippen LogP contribution in [0.5, 0.6) is 0 Å². The topological polar surface area (TPSA) is 37.3 Å². The van der Waals surface area contributed by atoms with Crippen molar-refractivity contribution >= 4 is 5.78 Å². The van der Waals surface area contributed by atoms with Crippen LogP contribution in [0.15, 0.2) is 18.2 Å². The second-order valence-corrected chi connectivity index (χ2v) is 5.12. The molecule has 0 saturated carbocycles. The van der Waals surface area contributed by atoms with E-state index in [-0.39, 0.29) is 5.78 Å². The smallest absolute Gasteiger partial charge is 0.194 e. The summed E-state index contributed by atoms with van der Waals surface area (Å²) >= 11 is 0. The zero-order valence-electron chi connectivity index (χ0n) is 11.9. The summed E-state index contributed by atoms with van der Waals surface area (Å²) < 4.78 is 0. The molecule has 0 fully saturated rings. The lowest BCUT2D eigenvalue weighted by atomic mass is 9.85. The van der Waals surface area contributed by atoms with Gasteiger partial charge in [-0.15, -0.1) is 0 Å². The minimum Gasteiger partial charge on any atom is -0.382 e. The van der Waals surface area contributed by atoms with Gasteiger partial charge in [0.25, 0.3) is 0 Å². The van der Waals surface area contributed by atoms with Crippen molar-refractivity contribution in [2.45, 2.75) is 59.0 Å². The van der Waals surface area contributed by atoms with Crippen LogP contribution in [0.3, 0.4) is 0 Å². The highest BCUT2D eigenvalue weighted by molar-refractivity contribution is 6.02. The second kappa shape index (κ2) is 6.14. The van der Waals surface area contributed by atoms with E-state index in [0.717, 1.165) is 18.4 Å². The SMILES string of the molecule is CCCCC(O)(CC)C(=O)c1ccc(C)c(C)c1. The van der Waals surface area contributed by atoms with Crippen LogP contribution in [-0.4, -0.2) is 16.5 Å². The van der Waals surface area contributed by atoms with Gasteiger partial charge in [-0.3, -0.25) is 4.79 Å². The van der Waals surface area contributed by atoms with Crippen molar-refractivity contribution in [3.8, 4) is 0 Å². The molecule has 1 rings (SSSR count). The summed E-state index contributed by atoms with van der Waals surface area (Å²) in [5, 5.41) is 10.5. The normalized spacial score (nSPS) is 14.3. The molecule has 1 aromatic carbocycles. The van der Waals surface area contributed by atoms with Crippen LogP contribution in [0.2, 0.25) is 0 Å². The van der Waals surface area contributed by atoms with E-state index in [2.05, 4.69) is 6.92 Å². The highest BCUT2D eigenvalue weighted by Gasteiger charge is 2.33. The van der Waals surface area contributed by atoms with Gasteiger partial charge in [-0.05, 0) is 43.9 Å². The number of aliphatic hydroxyl groups is 1. The zero-order chi connectivity index (χ0) is 13.8. The third-order valence-electron chi connectivity index (χ3n) is 3.72. The molecule has 1 aromatic rings. The number of benzene rings is 1. The van der Waals surface area contributed by atoms with Gasteiger partial charge in [-0.1, -0.05) is 38.8 Å². The molecule has 1 N–H and O–H groups in total. The number of aryl methyl sites for hydroxylation is 2. The van der Waals surface area contributed by atoms with E-state index < -0.39 is 5.60 Å². The molecule has 0 aliphatic carbocycles. The molecule has 100 valence electrons. The number of rotatable bonds is 6. The van der Waals surface area contributed by atoms with Crippen molar-refractivity contribution in [1.29, 1.82) is 0 Å². The maximum Gasteiger partial charge on any atom is 0.194 e. The van der Waals surface area contributed by atoms with Crippen molar-refractivity contribution in [3.63, 3.8) is 0 Å². The Labute approximate surface area is 110 Å². The largest absolute Gasteiger partial charge is 0.382 e. The van der Waals surface area contributed by atoms with Crippen LogP contribution < -0.4 is 0 Å². The molecule has 0 radical (unpaired) electrons. The van der Waals surface area contributed by atoms with Gasteiger partial charge in [0, 0.05) is 5.56 Å². The molecule has 2 nitrogen and oxygen atoms in total. The van der Waals surface area contributed by atoms with E-state index in [1.165, 1.54) is 5.56 Å². The van der Waals surface area contributed by atoms with Crippen LogP contribution in [0.4, 0.5) is 0 Å². The number of carbonyl (C=O) groups is 1. The number of hydrogen-bond donors (Lipinski definition) is 1. The first-order valence-corrected chi connectivity index (χ1v) is 6.79. The Balaban J connectivity index is 2.99. The fraction of sp³-hybridized carbons (Fsp3) is 0.562. The van der Waals surface area contributed by atoms with Crippen LogP contribution in [0.1, 0.15) is 61.0 Å². The van der Waals surface area contributed by atoms with Crippen LogP contribution in [0, 0.1) is 13.8 Å². The molecular formula is C16H24O2. The average Bonchev–Trinajstić information content (AvgIpc) is 2.38. The zero-order valence-corrected chi connectivity index (χ0v) is 11.9. The second-order valence-electron chi connectivity index (χ2n) is 5.12. The monoisotopic (exact) mass is 248 g/mol. The quantitative estimate of drug-likeness (QED) is 0.777. The molecule has 1 unspecified atom stereocenters. The molecule has 0 aliphatic rings. The summed E-state index contributed by atoms with van der Waals surface area (Å²) in [6.45, 7) is 7.95. The highest BCUT2D eigenvalue weighted by atomic mass is 16.3. The Kier molecular flexibility index (Phi) is 5.09. The summed E-state index contributed by atoms with van der Waals surface area (Å²) in [4.78, 5) is 12.4. The lowest BCUT2D eigenvalue weighted by Gasteiger charge is -2.25. The Bertz CT molecular complexity index is 423. The summed E-state index contributed by atoms with van der Waals surface area (Å²) in [6, 6.07) is 5.64. The first-order valence-electron chi connectivity index (χ1n) is 6.79. The first-order chi connectivity index (χ1) is 8.44. The van der Waals surface area contributed by atoms with Gasteiger partial charge in [-0.2, -0.15) is 0 Å². The summed E-state index contributed by atoms with van der Waals surface area (Å²) in [6.07, 6.45) is 2.88. The first kappa shape index (κ1) is 14.9. The molecule has 18 heavy (non-hydrogen) atoms. The van der Waals surface area contributed by atoms with Crippen LogP contribution in [-0.2, 0) is 0 Å². The van der Waals surface area contributed by atoms with Gasteiger partial charge in [0.05, 0.1) is 0 Å². The van der Waals surface area contributed by atoms with Crippen LogP contribution in [0.25, 0.3) is 0 Å². The number of ketones is 1. The van der Waals surface area contributed by atoms with E-state index in [9.17, 15) is 9.90 Å². The van der Waals surface area contributed by atoms with Crippen molar-refractivity contribution < 1.29 is 9.90 Å². The summed E-state index contributed by atoms with van der Waals surface area (Å²) in [5.41, 5.74) is 1.69. The lowest BCUT2D eigenvalue weighted by molar-refractivity contribution is 0.0240. The van der Waals surface area contributed by atoms with Gasteiger partial charge >= 0.3 is 0 Å². The molecule has 0 aliphatic heterocycles. The van der Waals surface area contributed by atoms with Gasteiger partial charge in [-0.25, -0.2) is 0 Å². The number of carbonyl (C=O) groups excluding carboxylic acids is 1. The van der Waals surface area contributed by atoms with E-state index in [0.29, 0.717) is 18.4 Å². The van der Waals surface area contributed by atoms with E-state index >= 15 is 0 Å². The summed E-state index contributed by atoms with van der Waals surface area (Å²) in [7, 11) is 0. The molecule has 0 heterocycles. The molecule has 0 bridgehead atoms. The molecule has 0 spiro atoms. The number of unbranched alkanes of at least 4 members (excludes halogenated alkanes) is 1. The fourth-order valence-corrected chi connectivity index (χ4v) is 2.07. The highest BCUT2D eigenvalue weighted by Crippen LogP contribution is 2.24. The van der Waals surface area contributed by atoms with Crippen molar-refractivity contribution in [1.82, 2.24) is 0 Å². The molecular weight excluding hydrogens is 224 g/mol. The Hall–Kier alpha value is -1.15. The standard InChI is InChI=1S/C16H24O2/c1-5-7-10-16(18,6-2)15(17)14-9-8-12(3)13(4)11-14/h8-9,11,18H,5-7,10H2,1-4H3. The average molecular weight is 248 g/mol. The summed E-state index contributed by atoms with van der Waals surface area (Å²) in [5.74, 6) is -0.137. The van der Waals surface area contributed by atoms with E-state index in [4.69, 9.17) is 0 Å². The van der Waals surface area contributed by atoms with Gasteiger partial charge in [0.15, 0.2) is 5.78 Å². The number of Topliss-reactive ketones (excluding diaryl/α,β-unsaturated/α-hetero) is 1. The van der Waals surface area contributed by atoms with Gasteiger partial charge < -0.3 is 5.11 Å². The minimum absolute atomic E-state index is 0.137. The Morgan fingerprint density at radius 2 is 1.89 bits per heavy atom. The third-order valence-corrected chi connectivity index (χ3v) is 3.72. The minimum atomic E-state index is -1.20. The molecule has 0 saturated heterocycles. The van der Waals surface area contributed by atoms with Crippen molar-refractivity contribution in [2.24, 2.45) is 0 Å². The predicted molar refractivity (Wildman–Crippen MR) is 75.0 cm³/mol. The molecule has 0 amide bonds. The number of hydrogen-bond acceptors (Lipinski definition) is 2. The molecule has 1 atom stereocenters. The van der Waals surface area contributed by atoms with Crippen molar-refractivity contribution in [3.05, 3.63) is 34.9 Å². The van der Waals surface area contributed by atoms with Crippen LogP contribution >= 0.6 is 0 Å². The molecule has 0 aromatic heterocycles. The predicted octanol–water partition coefficient (Wildman–Crippen LogP) is 3.82. The van der Waals surface area contributed by atoms with E-state index in [1.54, 1.807) is 0 Å². The Morgan fingerprint density at radius 1 is 1.22 bits per heavy atom. The molecule has 2 heteroatoms. The van der Waals surface area contributed by atoms with Gasteiger partial charge in [0.2, 0.25) is 0 Å².